The molecule has 0 spiro atoms. The molecule has 2 aromatic carbocycles. The smallest absolute Gasteiger partial charge is 0.305 e. The van der Waals surface area contributed by atoms with Crippen molar-refractivity contribution in [2.75, 3.05) is 84.4 Å². The van der Waals surface area contributed by atoms with Gasteiger partial charge in [0, 0.05) is 36.2 Å². The van der Waals surface area contributed by atoms with E-state index in [1.807, 2.05) is 37.3 Å². The predicted octanol–water partition coefficient (Wildman–Crippen LogP) is 4.59. The van der Waals surface area contributed by atoms with Gasteiger partial charge in [-0.2, -0.15) is 0 Å². The number of hydrogen-bond donors (Lipinski definition) is 4. The second kappa shape index (κ2) is 24.6. The first-order valence-corrected chi connectivity index (χ1v) is 18.2. The van der Waals surface area contributed by atoms with E-state index in [2.05, 4.69) is 35.9 Å². The van der Waals surface area contributed by atoms with E-state index >= 15 is 0 Å². The number of carbonyl (C=O) groups is 3. The van der Waals surface area contributed by atoms with E-state index in [9.17, 15) is 19.5 Å². The highest BCUT2D eigenvalue weighted by Crippen LogP contribution is 2.34. The number of nitrogens with zero attached hydrogens (tertiary/aromatic N) is 5. The van der Waals surface area contributed by atoms with Gasteiger partial charge in [0.2, 0.25) is 11.8 Å². The van der Waals surface area contributed by atoms with Crippen LogP contribution >= 0.6 is 0 Å². The van der Waals surface area contributed by atoms with Crippen LogP contribution in [0.2, 0.25) is 0 Å². The molecule has 4 aromatic rings. The van der Waals surface area contributed by atoms with Crippen LogP contribution in [0, 0.1) is 6.92 Å². The maximum Gasteiger partial charge on any atom is 0.305 e. The number of rotatable bonds is 28. The number of hydrogen-bond acceptors (Lipinski definition) is 13. The van der Waals surface area contributed by atoms with Gasteiger partial charge in [0.05, 0.1) is 71.9 Å². The van der Waals surface area contributed by atoms with Crippen LogP contribution in [0.1, 0.15) is 36.4 Å². The van der Waals surface area contributed by atoms with Crippen LogP contribution in [0.5, 0.6) is 5.75 Å². The molecule has 0 aliphatic rings. The van der Waals surface area contributed by atoms with Crippen molar-refractivity contribution < 1.29 is 47.6 Å². The van der Waals surface area contributed by atoms with Gasteiger partial charge in [0.1, 0.15) is 18.2 Å². The molecule has 0 saturated heterocycles. The minimum Gasteiger partial charge on any atom is -0.489 e. The molecule has 2 heterocycles. The number of azide groups is 1. The van der Waals surface area contributed by atoms with Crippen molar-refractivity contribution in [3.63, 3.8) is 0 Å². The lowest BCUT2D eigenvalue weighted by atomic mass is 9.98. The zero-order chi connectivity index (χ0) is 39.8. The van der Waals surface area contributed by atoms with Crippen molar-refractivity contribution in [3.05, 3.63) is 82.7 Å². The summed E-state index contributed by atoms with van der Waals surface area (Å²) in [6, 6.07) is 13.7. The van der Waals surface area contributed by atoms with Gasteiger partial charge in [-0.15, -0.1) is 0 Å². The lowest BCUT2D eigenvalue weighted by molar-refractivity contribution is -0.138. The summed E-state index contributed by atoms with van der Waals surface area (Å²) in [5.41, 5.74) is 12.4. The number of carboxylic acid groups (broad SMARTS) is 1. The summed E-state index contributed by atoms with van der Waals surface area (Å²) in [5.74, 6) is -0.620. The Morgan fingerprint density at radius 2 is 1.59 bits per heavy atom. The van der Waals surface area contributed by atoms with Gasteiger partial charge in [-0.3, -0.25) is 14.4 Å². The molecule has 4 N–H and O–H groups in total. The van der Waals surface area contributed by atoms with E-state index in [4.69, 9.17) is 33.6 Å². The molecular formula is C38H48N8O10. The molecular weight excluding hydrogens is 728 g/mol. The van der Waals surface area contributed by atoms with Crippen LogP contribution in [0.15, 0.2) is 70.7 Å². The van der Waals surface area contributed by atoms with Crippen molar-refractivity contribution in [1.29, 1.82) is 0 Å². The average Bonchev–Trinajstić information content (AvgIpc) is 3.69. The molecule has 1 atom stereocenters. The first-order valence-electron chi connectivity index (χ1n) is 18.2. The molecule has 0 aliphatic carbocycles. The fraction of sp³-hybridized carbons (Fsp3) is 0.447. The predicted molar refractivity (Wildman–Crippen MR) is 205 cm³/mol. The van der Waals surface area contributed by atoms with Crippen molar-refractivity contribution in [1.82, 2.24) is 20.6 Å². The molecule has 0 radical (unpaired) electrons. The van der Waals surface area contributed by atoms with E-state index in [-0.39, 0.29) is 31.9 Å². The number of carbonyl (C=O) groups excluding carboxylic acids is 2. The quantitative estimate of drug-likeness (QED) is 0.0267. The third-order valence-electron chi connectivity index (χ3n) is 8.03. The molecule has 18 heteroatoms. The number of amides is 2. The van der Waals surface area contributed by atoms with Crippen molar-refractivity contribution in [2.45, 2.75) is 32.2 Å². The molecule has 56 heavy (non-hydrogen) atoms. The molecule has 2 aromatic heterocycles. The van der Waals surface area contributed by atoms with E-state index in [1.54, 1.807) is 24.4 Å². The molecule has 0 bridgehead atoms. The highest BCUT2D eigenvalue weighted by Gasteiger charge is 2.20. The van der Waals surface area contributed by atoms with E-state index in [0.717, 1.165) is 22.5 Å². The minimum absolute atomic E-state index is 0.211. The van der Waals surface area contributed by atoms with Crippen molar-refractivity contribution >= 4 is 34.7 Å². The first kappa shape index (κ1) is 43.0. The number of aliphatic carboxylic acids is 1. The standard InChI is InChI=1S/C38H48N8O10/c1-27-10-12-41-33(23-27)40-11-2-3-34(47)42-25-35(48)45-31(24-36(49)50)29-6-4-28(5-7-29)30-8-9-32(37-38(30)56-26-43-37)55-22-21-54-20-19-53-18-17-52-16-15-51-14-13-44-46-39/h4-10,12,23,26,31H,2-3,11,13-22,24-25H2,1H3,(H,40,41)(H,42,47)(H,45,48)(H,49,50). The number of aromatic nitrogens is 2. The Bertz CT molecular complexity index is 1870. The van der Waals surface area contributed by atoms with Crippen LogP contribution in [-0.4, -0.2) is 112 Å². The van der Waals surface area contributed by atoms with Gasteiger partial charge in [0.25, 0.3) is 0 Å². The highest BCUT2D eigenvalue weighted by atomic mass is 16.6. The molecule has 300 valence electrons. The first-order chi connectivity index (χ1) is 27.3. The Hall–Kier alpha value is -5.78. The molecule has 18 nitrogen and oxygen atoms in total. The van der Waals surface area contributed by atoms with Gasteiger partial charge < -0.3 is 49.2 Å². The van der Waals surface area contributed by atoms with Crippen molar-refractivity contribution in [2.24, 2.45) is 5.11 Å². The minimum atomic E-state index is -1.09. The van der Waals surface area contributed by atoms with Crippen LogP contribution in [0.4, 0.5) is 5.82 Å². The summed E-state index contributed by atoms with van der Waals surface area (Å²) >= 11 is 0. The summed E-state index contributed by atoms with van der Waals surface area (Å²) in [5, 5.41) is 21.4. The second-order valence-corrected chi connectivity index (χ2v) is 12.3. The average molecular weight is 777 g/mol. The normalized spacial score (nSPS) is 11.4. The van der Waals surface area contributed by atoms with Gasteiger partial charge in [-0.05, 0) is 59.8 Å². The Balaban J connectivity index is 1.17. The summed E-state index contributed by atoms with van der Waals surface area (Å²) < 4.78 is 33.4. The summed E-state index contributed by atoms with van der Waals surface area (Å²) in [7, 11) is 0. The fourth-order valence-electron chi connectivity index (χ4n) is 5.33. The Labute approximate surface area is 323 Å². The van der Waals surface area contributed by atoms with Crippen LogP contribution in [0.3, 0.4) is 0 Å². The number of ether oxygens (including phenoxy) is 5. The van der Waals surface area contributed by atoms with Crippen LogP contribution in [0.25, 0.3) is 32.7 Å². The summed E-state index contributed by atoms with van der Waals surface area (Å²) in [4.78, 5) is 47.9. The molecule has 0 aliphatic heterocycles. The SMILES string of the molecule is Cc1ccnc(NCCCC(=O)NCC(=O)NC(CC(=O)O)c2ccc(-c3ccc(OCCOCCOCCOCCOCCN=[N+]=[N-])c4ncoc34)cc2)c1. The van der Waals surface area contributed by atoms with Crippen LogP contribution < -0.4 is 20.7 Å². The summed E-state index contributed by atoms with van der Waals surface area (Å²) in [6.07, 6.45) is 3.45. The zero-order valence-electron chi connectivity index (χ0n) is 31.3. The summed E-state index contributed by atoms with van der Waals surface area (Å²) in [6.45, 7) is 5.98. The number of anilines is 1. The highest BCUT2D eigenvalue weighted by molar-refractivity contribution is 5.93. The fourth-order valence-corrected chi connectivity index (χ4v) is 5.33. The largest absolute Gasteiger partial charge is 0.489 e. The number of carboxylic acids is 1. The molecule has 0 fully saturated rings. The van der Waals surface area contributed by atoms with Gasteiger partial charge >= 0.3 is 5.97 Å². The number of oxazole rings is 1. The maximum absolute atomic E-state index is 12.7. The van der Waals surface area contributed by atoms with Gasteiger partial charge in [0.15, 0.2) is 17.5 Å². The third-order valence-corrected chi connectivity index (χ3v) is 8.03. The second-order valence-electron chi connectivity index (χ2n) is 12.3. The molecule has 4 rings (SSSR count). The van der Waals surface area contributed by atoms with Gasteiger partial charge in [-0.1, -0.05) is 29.4 Å². The lowest BCUT2D eigenvalue weighted by Gasteiger charge is -2.18. The van der Waals surface area contributed by atoms with E-state index in [0.29, 0.717) is 94.8 Å². The van der Waals surface area contributed by atoms with Gasteiger partial charge in [-0.25, -0.2) is 9.97 Å². The number of nitrogens with one attached hydrogen (secondary N) is 3. The Kier molecular flexibility index (Phi) is 18.9. The Morgan fingerprint density at radius 3 is 2.27 bits per heavy atom. The molecule has 1 unspecified atom stereocenters. The Morgan fingerprint density at radius 1 is 0.893 bits per heavy atom. The molecule has 2 amide bonds. The number of pyridine rings is 1. The molecule has 0 saturated carbocycles. The number of fused-ring (bicyclic) bond motifs is 1. The third kappa shape index (κ3) is 15.5. The van der Waals surface area contributed by atoms with E-state index < -0.39 is 17.9 Å². The zero-order valence-corrected chi connectivity index (χ0v) is 31.3. The number of aryl methyl sites for hydroxylation is 1. The monoisotopic (exact) mass is 776 g/mol. The maximum atomic E-state index is 12.7. The number of benzene rings is 2. The van der Waals surface area contributed by atoms with E-state index in [1.165, 1.54) is 6.39 Å². The topological polar surface area (TPSA) is 241 Å². The van der Waals surface area contributed by atoms with Crippen LogP contribution in [-0.2, 0) is 33.3 Å². The lowest BCUT2D eigenvalue weighted by Crippen LogP contribution is -2.39. The van der Waals surface area contributed by atoms with Crippen molar-refractivity contribution in [3.8, 4) is 16.9 Å².